The van der Waals surface area contributed by atoms with E-state index in [0.717, 1.165) is 46.6 Å². The third-order valence-corrected chi connectivity index (χ3v) is 6.06. The zero-order chi connectivity index (χ0) is 19.9. The molecule has 0 bridgehead atoms. The van der Waals surface area contributed by atoms with E-state index in [2.05, 4.69) is 33.6 Å². The predicted octanol–water partition coefficient (Wildman–Crippen LogP) is 3.96. The van der Waals surface area contributed by atoms with Crippen LogP contribution in [0.25, 0.3) is 0 Å². The lowest BCUT2D eigenvalue weighted by atomic mass is 10.2. The third kappa shape index (κ3) is 5.38. The van der Waals surface area contributed by atoms with E-state index in [1.807, 2.05) is 19.1 Å². The zero-order valence-electron chi connectivity index (χ0n) is 17.2. The zero-order valence-corrected chi connectivity index (χ0v) is 18.0. The summed E-state index contributed by atoms with van der Waals surface area (Å²) >= 11 is 1.71. The van der Waals surface area contributed by atoms with Crippen molar-refractivity contribution in [1.82, 2.24) is 15.6 Å². The molecule has 0 aliphatic heterocycles. The highest BCUT2D eigenvalue weighted by atomic mass is 32.1. The number of aromatic nitrogens is 1. The summed E-state index contributed by atoms with van der Waals surface area (Å²) in [5, 5.41) is 7.72. The second-order valence-electron chi connectivity index (χ2n) is 7.04. The van der Waals surface area contributed by atoms with Gasteiger partial charge in [-0.3, -0.25) is 4.99 Å². The van der Waals surface area contributed by atoms with Crippen molar-refractivity contribution in [1.29, 1.82) is 0 Å². The van der Waals surface area contributed by atoms with Crippen LogP contribution in [0.4, 0.5) is 0 Å². The minimum atomic E-state index is 0.319. The van der Waals surface area contributed by atoms with Crippen LogP contribution in [-0.2, 0) is 13.1 Å². The second kappa shape index (κ2) is 9.78. The number of aliphatic imine (C=N–C) groups is 1. The topological polar surface area (TPSA) is 67.8 Å². The summed E-state index contributed by atoms with van der Waals surface area (Å²) in [6.07, 6.45) is 5.08. The van der Waals surface area contributed by atoms with Gasteiger partial charge < -0.3 is 20.1 Å². The minimum absolute atomic E-state index is 0.319. The van der Waals surface area contributed by atoms with Crippen molar-refractivity contribution in [3.8, 4) is 11.5 Å². The Labute approximate surface area is 171 Å². The van der Waals surface area contributed by atoms with Gasteiger partial charge >= 0.3 is 0 Å². The van der Waals surface area contributed by atoms with E-state index in [1.54, 1.807) is 25.5 Å². The standard InChI is InChI=1S/C21H30N4O2S/c1-14-15(2)28-20(25-14)13-24-21(22-3)23-12-16-9-10-18(19(11-16)26-4)27-17-7-5-6-8-17/h9-11,17H,5-8,12-13H2,1-4H3,(H2,22,23,24). The number of nitrogens with one attached hydrogen (secondary N) is 2. The Morgan fingerprint density at radius 3 is 2.57 bits per heavy atom. The van der Waals surface area contributed by atoms with Crippen molar-refractivity contribution in [2.75, 3.05) is 14.2 Å². The molecule has 1 heterocycles. The van der Waals surface area contributed by atoms with Crippen LogP contribution in [0.5, 0.6) is 11.5 Å². The quantitative estimate of drug-likeness (QED) is 0.542. The molecule has 7 heteroatoms. The summed E-state index contributed by atoms with van der Waals surface area (Å²) in [6.45, 7) is 5.44. The van der Waals surface area contributed by atoms with Gasteiger partial charge in [0.2, 0.25) is 0 Å². The molecule has 2 aromatic rings. The highest BCUT2D eigenvalue weighted by Gasteiger charge is 2.18. The lowest BCUT2D eigenvalue weighted by Gasteiger charge is -2.17. The Morgan fingerprint density at radius 2 is 1.93 bits per heavy atom. The van der Waals surface area contributed by atoms with Crippen LogP contribution in [0.1, 0.15) is 46.8 Å². The van der Waals surface area contributed by atoms with Crippen LogP contribution in [0.3, 0.4) is 0 Å². The number of guanidine groups is 1. The first-order chi connectivity index (χ1) is 13.6. The van der Waals surface area contributed by atoms with Gasteiger partial charge in [-0.1, -0.05) is 6.07 Å². The Hall–Kier alpha value is -2.28. The van der Waals surface area contributed by atoms with Crippen LogP contribution in [0.2, 0.25) is 0 Å². The fraction of sp³-hybridized carbons (Fsp3) is 0.524. The lowest BCUT2D eigenvalue weighted by molar-refractivity contribution is 0.200. The van der Waals surface area contributed by atoms with E-state index >= 15 is 0 Å². The molecule has 152 valence electrons. The molecule has 0 amide bonds. The maximum atomic E-state index is 6.11. The van der Waals surface area contributed by atoms with E-state index in [9.17, 15) is 0 Å². The number of nitrogens with zero attached hydrogens (tertiary/aromatic N) is 2. The highest BCUT2D eigenvalue weighted by Crippen LogP contribution is 2.32. The normalized spacial score (nSPS) is 14.9. The molecule has 0 atom stereocenters. The maximum absolute atomic E-state index is 6.11. The van der Waals surface area contributed by atoms with E-state index in [0.29, 0.717) is 19.2 Å². The van der Waals surface area contributed by atoms with Crippen LogP contribution in [0.15, 0.2) is 23.2 Å². The number of aryl methyl sites for hydroxylation is 2. The van der Waals surface area contributed by atoms with Crippen molar-refractivity contribution in [2.24, 2.45) is 4.99 Å². The summed E-state index contributed by atoms with van der Waals surface area (Å²) in [5.41, 5.74) is 2.20. The van der Waals surface area contributed by atoms with E-state index < -0.39 is 0 Å². The van der Waals surface area contributed by atoms with E-state index in [-0.39, 0.29) is 0 Å². The third-order valence-electron chi connectivity index (χ3n) is 4.99. The van der Waals surface area contributed by atoms with Gasteiger partial charge in [-0.25, -0.2) is 4.98 Å². The maximum Gasteiger partial charge on any atom is 0.191 e. The number of methoxy groups -OCH3 is 1. The van der Waals surface area contributed by atoms with Crippen molar-refractivity contribution in [3.63, 3.8) is 0 Å². The Kier molecular flexibility index (Phi) is 7.14. The molecule has 1 aliphatic carbocycles. The molecule has 1 saturated carbocycles. The van der Waals surface area contributed by atoms with Gasteiger partial charge in [0.05, 0.1) is 25.5 Å². The average molecular weight is 403 g/mol. The summed E-state index contributed by atoms with van der Waals surface area (Å²) in [4.78, 5) is 10.1. The molecule has 0 saturated heterocycles. The van der Waals surface area contributed by atoms with Gasteiger partial charge in [0.1, 0.15) is 5.01 Å². The highest BCUT2D eigenvalue weighted by molar-refractivity contribution is 7.11. The van der Waals surface area contributed by atoms with Crippen LogP contribution >= 0.6 is 11.3 Å². The van der Waals surface area contributed by atoms with Gasteiger partial charge in [-0.15, -0.1) is 11.3 Å². The first-order valence-electron chi connectivity index (χ1n) is 9.80. The first-order valence-corrected chi connectivity index (χ1v) is 10.6. The Morgan fingerprint density at radius 1 is 1.18 bits per heavy atom. The van der Waals surface area contributed by atoms with Gasteiger partial charge in [-0.2, -0.15) is 0 Å². The SMILES string of the molecule is CN=C(NCc1ccc(OC2CCCC2)c(OC)c1)NCc1nc(C)c(C)s1. The smallest absolute Gasteiger partial charge is 0.191 e. The number of ether oxygens (including phenoxy) is 2. The summed E-state index contributed by atoms with van der Waals surface area (Å²) < 4.78 is 11.7. The lowest BCUT2D eigenvalue weighted by Crippen LogP contribution is -2.36. The molecule has 1 fully saturated rings. The molecule has 1 aromatic heterocycles. The molecular weight excluding hydrogens is 372 g/mol. The first kappa shape index (κ1) is 20.5. The van der Waals surface area contributed by atoms with Gasteiger partial charge in [0.15, 0.2) is 17.5 Å². The largest absolute Gasteiger partial charge is 0.493 e. The molecule has 1 aliphatic rings. The fourth-order valence-electron chi connectivity index (χ4n) is 3.29. The number of rotatable bonds is 7. The van der Waals surface area contributed by atoms with Crippen molar-refractivity contribution in [2.45, 2.75) is 58.7 Å². The second-order valence-corrected chi connectivity index (χ2v) is 8.33. The van der Waals surface area contributed by atoms with Crippen molar-refractivity contribution < 1.29 is 9.47 Å². The van der Waals surface area contributed by atoms with Gasteiger partial charge in [-0.05, 0) is 57.2 Å². The molecule has 6 nitrogen and oxygen atoms in total. The summed E-state index contributed by atoms with van der Waals surface area (Å²) in [5.74, 6) is 2.36. The molecule has 3 rings (SSSR count). The van der Waals surface area contributed by atoms with Crippen LogP contribution in [0, 0.1) is 13.8 Å². The Bertz CT molecular complexity index is 793. The molecular formula is C21H30N4O2S. The average Bonchev–Trinajstić information content (AvgIpc) is 3.32. The summed E-state index contributed by atoms with van der Waals surface area (Å²) in [6, 6.07) is 6.10. The number of hydrogen-bond donors (Lipinski definition) is 2. The van der Waals surface area contributed by atoms with E-state index in [4.69, 9.17) is 9.47 Å². The monoisotopic (exact) mass is 402 g/mol. The Balaban J connectivity index is 1.54. The number of hydrogen-bond acceptors (Lipinski definition) is 5. The molecule has 0 unspecified atom stereocenters. The van der Waals surface area contributed by atoms with Gasteiger partial charge in [0.25, 0.3) is 0 Å². The van der Waals surface area contributed by atoms with Crippen molar-refractivity contribution in [3.05, 3.63) is 39.3 Å². The molecule has 2 N–H and O–H groups in total. The van der Waals surface area contributed by atoms with E-state index in [1.165, 1.54) is 17.7 Å². The molecule has 0 spiro atoms. The van der Waals surface area contributed by atoms with Crippen LogP contribution in [-0.4, -0.2) is 31.2 Å². The molecule has 0 radical (unpaired) electrons. The van der Waals surface area contributed by atoms with Crippen LogP contribution < -0.4 is 20.1 Å². The molecule has 28 heavy (non-hydrogen) atoms. The number of benzene rings is 1. The number of thiazole rings is 1. The summed E-state index contributed by atoms with van der Waals surface area (Å²) in [7, 11) is 3.46. The minimum Gasteiger partial charge on any atom is -0.493 e. The predicted molar refractivity (Wildman–Crippen MR) is 115 cm³/mol. The fourth-order valence-corrected chi connectivity index (χ4v) is 4.16. The van der Waals surface area contributed by atoms with Crippen molar-refractivity contribution >= 4 is 17.3 Å². The van der Waals surface area contributed by atoms with Gasteiger partial charge in [0, 0.05) is 18.5 Å². The molecule has 1 aromatic carbocycles.